The number of rotatable bonds is 4. The number of pyridine rings is 1. The largest absolute Gasteiger partial charge is 0.376 e. The van der Waals surface area contributed by atoms with E-state index in [4.69, 9.17) is 4.74 Å². The molecule has 0 saturated carbocycles. The van der Waals surface area contributed by atoms with Crippen molar-refractivity contribution in [3.05, 3.63) is 54.4 Å². The van der Waals surface area contributed by atoms with Gasteiger partial charge in [-0.25, -0.2) is 4.98 Å². The number of ether oxygens (including phenoxy) is 1. The maximum atomic E-state index is 12.5. The normalized spacial score (nSPS) is 24.3. The molecule has 2 fully saturated rings. The summed E-state index contributed by atoms with van der Waals surface area (Å²) in [6.07, 6.45) is 7.71. The molecule has 2 aliphatic rings. The number of nitrogens with zero attached hydrogens (tertiary/aromatic N) is 4. The first kappa shape index (κ1) is 16.6. The van der Waals surface area contributed by atoms with Crippen LogP contribution >= 0.6 is 0 Å². The van der Waals surface area contributed by atoms with Gasteiger partial charge < -0.3 is 15.0 Å². The summed E-state index contributed by atoms with van der Waals surface area (Å²) in [6, 6.07) is 3.46. The van der Waals surface area contributed by atoms with E-state index < -0.39 is 0 Å². The zero-order valence-corrected chi connectivity index (χ0v) is 14.1. The quantitative estimate of drug-likeness (QED) is 0.854. The highest BCUT2D eigenvalue weighted by Crippen LogP contribution is 2.33. The number of amides is 2. The van der Waals surface area contributed by atoms with Crippen LogP contribution in [0, 0.1) is 11.8 Å². The Morgan fingerprint density at radius 3 is 2.85 bits per heavy atom. The molecule has 0 unspecified atom stereocenters. The molecule has 2 saturated heterocycles. The molecule has 2 amide bonds. The number of hydrogen-bond donors (Lipinski definition) is 1. The lowest BCUT2D eigenvalue weighted by atomic mass is 9.93. The van der Waals surface area contributed by atoms with Gasteiger partial charge in [-0.05, 0) is 12.1 Å². The Labute approximate surface area is 150 Å². The lowest BCUT2D eigenvalue weighted by Gasteiger charge is -2.19. The molecule has 2 aliphatic heterocycles. The van der Waals surface area contributed by atoms with Crippen LogP contribution in [-0.4, -0.2) is 64.0 Å². The van der Waals surface area contributed by atoms with E-state index in [0.717, 1.165) is 0 Å². The van der Waals surface area contributed by atoms with Crippen molar-refractivity contribution >= 4 is 11.8 Å². The highest BCUT2D eigenvalue weighted by molar-refractivity contribution is 5.93. The molecule has 0 spiro atoms. The minimum atomic E-state index is -0.146. The lowest BCUT2D eigenvalue weighted by molar-refractivity contribution is 0.0669. The molecule has 134 valence electrons. The van der Waals surface area contributed by atoms with E-state index in [2.05, 4.69) is 20.3 Å². The predicted molar refractivity (Wildman–Crippen MR) is 91.2 cm³/mol. The van der Waals surface area contributed by atoms with Crippen LogP contribution in [-0.2, 0) is 4.74 Å². The molecule has 4 heterocycles. The molecule has 0 aliphatic carbocycles. The molecular weight excluding hydrogens is 334 g/mol. The molecule has 0 bridgehead atoms. The van der Waals surface area contributed by atoms with E-state index >= 15 is 0 Å². The molecular formula is C18H19N5O3. The second-order valence-corrected chi connectivity index (χ2v) is 6.55. The number of fused-ring (bicyclic) bond motifs is 1. The third-order valence-electron chi connectivity index (χ3n) is 4.96. The van der Waals surface area contributed by atoms with Crippen LogP contribution in [0.4, 0.5) is 0 Å². The van der Waals surface area contributed by atoms with Crippen molar-refractivity contribution in [1.82, 2.24) is 25.2 Å². The first-order chi connectivity index (χ1) is 12.7. The van der Waals surface area contributed by atoms with Gasteiger partial charge in [-0.3, -0.25) is 19.6 Å². The standard InChI is InChI=1S/C18H19N5O3/c24-17(12-2-1-3-19-6-12)22-7-13-11-26-16-10-23(9-14(13)16)18(25)15-8-20-4-5-21-15/h1-6,8,13-14,16H,7,9-11H2,(H,22,24)/t13-,14+,16+/m0/s1. The van der Waals surface area contributed by atoms with Gasteiger partial charge in [0.05, 0.1) is 24.5 Å². The Morgan fingerprint density at radius 2 is 2.08 bits per heavy atom. The van der Waals surface area contributed by atoms with Gasteiger partial charge in [-0.1, -0.05) is 0 Å². The van der Waals surface area contributed by atoms with Gasteiger partial charge >= 0.3 is 0 Å². The summed E-state index contributed by atoms with van der Waals surface area (Å²) in [6.45, 7) is 2.26. The average Bonchev–Trinajstić information content (AvgIpc) is 3.28. The maximum Gasteiger partial charge on any atom is 0.274 e. The van der Waals surface area contributed by atoms with Crippen LogP contribution in [0.5, 0.6) is 0 Å². The van der Waals surface area contributed by atoms with E-state index in [9.17, 15) is 9.59 Å². The molecule has 3 atom stereocenters. The fraction of sp³-hybridized carbons (Fsp3) is 0.389. The summed E-state index contributed by atoms with van der Waals surface area (Å²) in [5.74, 6) is 0.117. The third kappa shape index (κ3) is 3.28. The van der Waals surface area contributed by atoms with Gasteiger partial charge in [0.1, 0.15) is 5.69 Å². The Morgan fingerprint density at radius 1 is 1.19 bits per heavy atom. The van der Waals surface area contributed by atoms with Gasteiger partial charge in [0, 0.05) is 56.3 Å². The van der Waals surface area contributed by atoms with Gasteiger partial charge in [0.25, 0.3) is 11.8 Å². The number of likely N-dealkylation sites (tertiary alicyclic amines) is 1. The van der Waals surface area contributed by atoms with Crippen molar-refractivity contribution in [3.63, 3.8) is 0 Å². The average molecular weight is 353 g/mol. The summed E-state index contributed by atoms with van der Waals surface area (Å²) < 4.78 is 5.85. The van der Waals surface area contributed by atoms with E-state index in [1.807, 2.05) is 0 Å². The molecule has 0 radical (unpaired) electrons. The van der Waals surface area contributed by atoms with Crippen molar-refractivity contribution < 1.29 is 14.3 Å². The smallest absolute Gasteiger partial charge is 0.274 e. The Bertz CT molecular complexity index is 786. The first-order valence-electron chi connectivity index (χ1n) is 8.57. The van der Waals surface area contributed by atoms with Crippen molar-refractivity contribution in [2.45, 2.75) is 6.10 Å². The number of aromatic nitrogens is 3. The first-order valence-corrected chi connectivity index (χ1v) is 8.57. The fourth-order valence-electron chi connectivity index (χ4n) is 3.57. The fourth-order valence-corrected chi connectivity index (χ4v) is 3.57. The Balaban J connectivity index is 1.35. The molecule has 26 heavy (non-hydrogen) atoms. The minimum absolute atomic E-state index is 0.0101. The predicted octanol–water partition coefficient (Wildman–Crippen LogP) is 0.389. The third-order valence-corrected chi connectivity index (χ3v) is 4.96. The maximum absolute atomic E-state index is 12.5. The van der Waals surface area contributed by atoms with E-state index in [-0.39, 0.29) is 29.8 Å². The van der Waals surface area contributed by atoms with Crippen LogP contribution in [0.25, 0.3) is 0 Å². The van der Waals surface area contributed by atoms with Crippen LogP contribution < -0.4 is 5.32 Å². The molecule has 0 aromatic carbocycles. The molecule has 2 aromatic heterocycles. The number of hydrogen-bond acceptors (Lipinski definition) is 6. The minimum Gasteiger partial charge on any atom is -0.376 e. The molecule has 1 N–H and O–H groups in total. The monoisotopic (exact) mass is 353 g/mol. The summed E-state index contributed by atoms with van der Waals surface area (Å²) >= 11 is 0. The SMILES string of the molecule is O=C(NC[C@H]1CO[C@@H]2CN(C(=O)c3cnccn3)C[C@H]12)c1cccnc1. The lowest BCUT2D eigenvalue weighted by Crippen LogP contribution is -2.35. The van der Waals surface area contributed by atoms with Crippen molar-refractivity contribution in [3.8, 4) is 0 Å². The van der Waals surface area contributed by atoms with Crippen molar-refractivity contribution in [2.75, 3.05) is 26.2 Å². The van der Waals surface area contributed by atoms with Crippen molar-refractivity contribution in [1.29, 1.82) is 0 Å². The molecule has 8 heteroatoms. The summed E-state index contributed by atoms with van der Waals surface area (Å²) in [5, 5.41) is 2.94. The second kappa shape index (κ2) is 7.17. The second-order valence-electron chi connectivity index (χ2n) is 6.55. The highest BCUT2D eigenvalue weighted by atomic mass is 16.5. The van der Waals surface area contributed by atoms with E-state index in [0.29, 0.717) is 37.5 Å². The van der Waals surface area contributed by atoms with Crippen LogP contribution in [0.1, 0.15) is 20.8 Å². The Hall–Kier alpha value is -2.87. The van der Waals surface area contributed by atoms with Gasteiger partial charge in [0.15, 0.2) is 0 Å². The van der Waals surface area contributed by atoms with Gasteiger partial charge in [-0.15, -0.1) is 0 Å². The molecule has 2 aromatic rings. The van der Waals surface area contributed by atoms with Gasteiger partial charge in [0.2, 0.25) is 0 Å². The molecule has 8 nitrogen and oxygen atoms in total. The topological polar surface area (TPSA) is 97.3 Å². The summed E-state index contributed by atoms with van der Waals surface area (Å²) in [4.78, 5) is 38.4. The number of carbonyl (C=O) groups excluding carboxylic acids is 2. The number of carbonyl (C=O) groups is 2. The zero-order chi connectivity index (χ0) is 17.9. The van der Waals surface area contributed by atoms with Gasteiger partial charge in [-0.2, -0.15) is 0 Å². The van der Waals surface area contributed by atoms with Crippen LogP contribution in [0.3, 0.4) is 0 Å². The summed E-state index contributed by atoms with van der Waals surface area (Å²) in [7, 11) is 0. The zero-order valence-electron chi connectivity index (χ0n) is 14.1. The van der Waals surface area contributed by atoms with E-state index in [1.165, 1.54) is 12.4 Å². The van der Waals surface area contributed by atoms with Crippen molar-refractivity contribution in [2.24, 2.45) is 11.8 Å². The van der Waals surface area contributed by atoms with Crippen LogP contribution in [0.15, 0.2) is 43.1 Å². The Kier molecular flexibility index (Phi) is 4.57. The molecule has 4 rings (SSSR count). The van der Waals surface area contributed by atoms with E-state index in [1.54, 1.807) is 35.6 Å². The highest BCUT2D eigenvalue weighted by Gasteiger charge is 2.45. The number of nitrogens with one attached hydrogen (secondary N) is 1. The summed E-state index contributed by atoms with van der Waals surface area (Å²) in [5.41, 5.74) is 0.878. The van der Waals surface area contributed by atoms with Crippen LogP contribution in [0.2, 0.25) is 0 Å².